The number of hydrogen-bond donors (Lipinski definition) is 1. The molecule has 0 fully saturated rings. The highest BCUT2D eigenvalue weighted by atomic mass is 32.2. The Balaban J connectivity index is 1.82. The number of fused-ring (bicyclic) bond motifs is 3. The highest BCUT2D eigenvalue weighted by Gasteiger charge is 2.26. The highest BCUT2D eigenvalue weighted by molar-refractivity contribution is 7.99. The molecule has 8 nitrogen and oxygen atoms in total. The Morgan fingerprint density at radius 3 is 2.89 bits per heavy atom. The summed E-state index contributed by atoms with van der Waals surface area (Å²) in [5.41, 5.74) is 2.76. The van der Waals surface area contributed by atoms with Crippen LogP contribution >= 0.6 is 11.8 Å². The first kappa shape index (κ1) is 17.2. The second kappa shape index (κ2) is 7.20. The van der Waals surface area contributed by atoms with Crippen LogP contribution in [-0.4, -0.2) is 25.9 Å². The SMILES string of the molecule is CCSc1nnc2c(n1)O[C@@H](c1cccc([N+](=O)[O-])c1)Nc1ccccc1-2. The fourth-order valence-electron chi connectivity index (χ4n) is 2.79. The van der Waals surface area contributed by atoms with Gasteiger partial charge in [-0.3, -0.25) is 10.1 Å². The molecule has 0 aliphatic carbocycles. The van der Waals surface area contributed by atoms with E-state index >= 15 is 0 Å². The van der Waals surface area contributed by atoms with Gasteiger partial charge in [-0.2, -0.15) is 4.98 Å². The number of aromatic nitrogens is 3. The first-order chi connectivity index (χ1) is 13.2. The van der Waals surface area contributed by atoms with Gasteiger partial charge in [0.05, 0.1) is 4.92 Å². The van der Waals surface area contributed by atoms with Gasteiger partial charge < -0.3 is 10.1 Å². The van der Waals surface area contributed by atoms with Crippen LogP contribution in [0.4, 0.5) is 11.4 Å². The van der Waals surface area contributed by atoms with E-state index in [1.807, 2.05) is 31.2 Å². The van der Waals surface area contributed by atoms with Gasteiger partial charge in [0.15, 0.2) is 11.9 Å². The van der Waals surface area contributed by atoms with Gasteiger partial charge in [0.2, 0.25) is 11.0 Å². The number of para-hydroxylation sites is 1. The molecule has 1 atom stereocenters. The molecule has 136 valence electrons. The standard InChI is InChI=1S/C18H15N5O3S/c1-2-27-18-20-17-15(21-22-18)13-8-3-4-9-14(13)19-16(26-17)11-6-5-7-12(10-11)23(24)25/h3-10,16,19H,2H2,1H3/t16-/m0/s1. The van der Waals surface area contributed by atoms with Gasteiger partial charge in [0, 0.05) is 28.9 Å². The number of nitro groups is 1. The second-order valence-electron chi connectivity index (χ2n) is 5.72. The summed E-state index contributed by atoms with van der Waals surface area (Å²) in [5.74, 6) is 1.15. The maximum Gasteiger partial charge on any atom is 0.269 e. The van der Waals surface area contributed by atoms with Gasteiger partial charge in [-0.25, -0.2) is 0 Å². The van der Waals surface area contributed by atoms with E-state index in [0.717, 1.165) is 17.0 Å². The summed E-state index contributed by atoms with van der Waals surface area (Å²) in [4.78, 5) is 15.2. The van der Waals surface area contributed by atoms with Crippen molar-refractivity contribution < 1.29 is 9.66 Å². The van der Waals surface area contributed by atoms with Crippen molar-refractivity contribution in [2.75, 3.05) is 11.1 Å². The van der Waals surface area contributed by atoms with Crippen LogP contribution in [0.5, 0.6) is 5.88 Å². The van der Waals surface area contributed by atoms with Gasteiger partial charge in [-0.15, -0.1) is 10.2 Å². The topological polar surface area (TPSA) is 103 Å². The highest BCUT2D eigenvalue weighted by Crippen LogP contribution is 2.39. The largest absolute Gasteiger partial charge is 0.448 e. The second-order valence-corrected chi connectivity index (χ2v) is 6.95. The number of nitro benzene ring substituents is 1. The molecule has 2 aromatic carbocycles. The number of rotatable bonds is 4. The summed E-state index contributed by atoms with van der Waals surface area (Å²) in [5, 5.41) is 23.4. The van der Waals surface area contributed by atoms with Crippen LogP contribution in [0.15, 0.2) is 53.7 Å². The van der Waals surface area contributed by atoms with Crippen LogP contribution in [-0.2, 0) is 0 Å². The van der Waals surface area contributed by atoms with Crippen LogP contribution in [0.25, 0.3) is 11.3 Å². The summed E-state index contributed by atoms with van der Waals surface area (Å²) in [6.45, 7) is 2.00. The molecule has 3 aromatic rings. The van der Waals surface area contributed by atoms with Crippen LogP contribution in [0.3, 0.4) is 0 Å². The lowest BCUT2D eigenvalue weighted by Crippen LogP contribution is -2.17. The third-order valence-corrected chi connectivity index (χ3v) is 4.71. The van der Waals surface area contributed by atoms with E-state index in [2.05, 4.69) is 20.5 Å². The minimum absolute atomic E-state index is 0.00121. The molecule has 27 heavy (non-hydrogen) atoms. The molecule has 0 radical (unpaired) electrons. The quantitative estimate of drug-likeness (QED) is 0.410. The number of nitrogens with one attached hydrogen (secondary N) is 1. The molecule has 0 unspecified atom stereocenters. The van der Waals surface area contributed by atoms with E-state index in [0.29, 0.717) is 22.3 Å². The molecule has 0 saturated heterocycles. The molecule has 4 rings (SSSR count). The van der Waals surface area contributed by atoms with Gasteiger partial charge >= 0.3 is 0 Å². The fourth-order valence-corrected chi connectivity index (χ4v) is 3.29. The van der Waals surface area contributed by atoms with Gasteiger partial charge in [0.25, 0.3) is 5.69 Å². The lowest BCUT2D eigenvalue weighted by Gasteiger charge is -2.19. The number of benzene rings is 2. The van der Waals surface area contributed by atoms with Crippen molar-refractivity contribution >= 4 is 23.1 Å². The van der Waals surface area contributed by atoms with Gasteiger partial charge in [-0.05, 0) is 11.8 Å². The normalized spacial score (nSPS) is 14.9. The molecular formula is C18H15N5O3S. The van der Waals surface area contributed by atoms with Crippen molar-refractivity contribution in [3.8, 4) is 17.1 Å². The minimum atomic E-state index is -0.650. The molecule has 9 heteroatoms. The van der Waals surface area contributed by atoms with Crippen molar-refractivity contribution in [1.82, 2.24) is 15.2 Å². The van der Waals surface area contributed by atoms with E-state index in [4.69, 9.17) is 4.74 Å². The van der Waals surface area contributed by atoms with Crippen LogP contribution in [0.2, 0.25) is 0 Å². The Hall–Kier alpha value is -3.20. The number of ether oxygens (including phenoxy) is 1. The summed E-state index contributed by atoms with van der Waals surface area (Å²) < 4.78 is 6.09. The maximum absolute atomic E-state index is 11.1. The predicted octanol–water partition coefficient (Wildman–Crippen LogP) is 4.06. The number of nitrogens with zero attached hydrogens (tertiary/aromatic N) is 4. The average Bonchev–Trinajstić information content (AvgIpc) is 2.85. The minimum Gasteiger partial charge on any atom is -0.448 e. The van der Waals surface area contributed by atoms with Gasteiger partial charge in [0.1, 0.15) is 0 Å². The van der Waals surface area contributed by atoms with E-state index in [1.54, 1.807) is 12.1 Å². The summed E-state index contributed by atoms with van der Waals surface area (Å²) in [7, 11) is 0. The third-order valence-electron chi connectivity index (χ3n) is 3.99. The lowest BCUT2D eigenvalue weighted by molar-refractivity contribution is -0.385. The van der Waals surface area contributed by atoms with Crippen LogP contribution in [0, 0.1) is 10.1 Å². The summed E-state index contributed by atoms with van der Waals surface area (Å²) in [6.07, 6.45) is -0.650. The third kappa shape index (κ3) is 3.41. The molecule has 0 bridgehead atoms. The zero-order chi connectivity index (χ0) is 18.8. The molecule has 0 spiro atoms. The van der Waals surface area contributed by atoms with Gasteiger partial charge in [-0.1, -0.05) is 49.0 Å². The molecule has 2 heterocycles. The van der Waals surface area contributed by atoms with Crippen molar-refractivity contribution in [2.45, 2.75) is 18.3 Å². The number of non-ortho nitro benzene ring substituents is 1. The molecular weight excluding hydrogens is 366 g/mol. The molecule has 1 aromatic heterocycles. The summed E-state index contributed by atoms with van der Waals surface area (Å²) in [6, 6.07) is 13.9. The molecule has 1 aliphatic rings. The smallest absolute Gasteiger partial charge is 0.269 e. The zero-order valence-corrected chi connectivity index (χ0v) is 15.1. The van der Waals surface area contributed by atoms with Crippen LogP contribution in [0.1, 0.15) is 18.7 Å². The molecule has 0 saturated carbocycles. The Bertz CT molecular complexity index is 1010. The van der Waals surface area contributed by atoms with E-state index < -0.39 is 11.2 Å². The van der Waals surface area contributed by atoms with E-state index in [-0.39, 0.29) is 5.69 Å². The first-order valence-electron chi connectivity index (χ1n) is 8.30. The number of hydrogen-bond acceptors (Lipinski definition) is 8. The van der Waals surface area contributed by atoms with Crippen molar-refractivity contribution in [2.24, 2.45) is 0 Å². The zero-order valence-electron chi connectivity index (χ0n) is 14.3. The summed E-state index contributed by atoms with van der Waals surface area (Å²) >= 11 is 1.47. The Labute approximate surface area is 159 Å². The Morgan fingerprint density at radius 2 is 2.07 bits per heavy atom. The molecule has 1 N–H and O–H groups in total. The molecule has 1 aliphatic heterocycles. The number of anilines is 1. The van der Waals surface area contributed by atoms with Crippen molar-refractivity contribution in [1.29, 1.82) is 0 Å². The fraction of sp³-hybridized carbons (Fsp3) is 0.167. The van der Waals surface area contributed by atoms with E-state index in [9.17, 15) is 10.1 Å². The Kier molecular flexibility index (Phi) is 4.59. The van der Waals surface area contributed by atoms with Crippen molar-refractivity contribution in [3.63, 3.8) is 0 Å². The van der Waals surface area contributed by atoms with E-state index in [1.165, 1.54) is 23.9 Å². The predicted molar refractivity (Wildman–Crippen MR) is 102 cm³/mol. The molecule has 0 amide bonds. The maximum atomic E-state index is 11.1. The Morgan fingerprint density at radius 1 is 1.22 bits per heavy atom. The number of thioether (sulfide) groups is 1. The van der Waals surface area contributed by atoms with Crippen LogP contribution < -0.4 is 10.1 Å². The lowest BCUT2D eigenvalue weighted by atomic mass is 10.1. The average molecular weight is 381 g/mol. The first-order valence-corrected chi connectivity index (χ1v) is 9.28. The van der Waals surface area contributed by atoms with Crippen molar-refractivity contribution in [3.05, 3.63) is 64.2 Å². The monoisotopic (exact) mass is 381 g/mol.